The molecule has 1 aliphatic heterocycles. The number of ether oxygens (including phenoxy) is 2. The highest BCUT2D eigenvalue weighted by atomic mass is 79.9. The maximum atomic E-state index is 13.8. The topological polar surface area (TPSA) is 70.6 Å². The van der Waals surface area contributed by atoms with Gasteiger partial charge in [-0.2, -0.15) is 9.78 Å². The monoisotopic (exact) mass is 596 g/mol. The van der Waals surface area contributed by atoms with E-state index in [9.17, 15) is 4.79 Å². The third-order valence-corrected chi connectivity index (χ3v) is 8.66. The van der Waals surface area contributed by atoms with Crippen molar-refractivity contribution in [1.29, 1.82) is 0 Å². The number of aromatic nitrogens is 3. The first-order chi connectivity index (χ1) is 19.6. The lowest BCUT2D eigenvalue weighted by atomic mass is 9.88. The Morgan fingerprint density at radius 1 is 1.00 bits per heavy atom. The lowest BCUT2D eigenvalue weighted by Gasteiger charge is -2.22. The Morgan fingerprint density at radius 2 is 1.82 bits per heavy atom. The molecule has 3 heterocycles. The Hall–Kier alpha value is -3.91. The van der Waals surface area contributed by atoms with Crippen LogP contribution in [-0.4, -0.2) is 27.2 Å². The molecule has 1 fully saturated rings. The van der Waals surface area contributed by atoms with E-state index in [2.05, 4.69) is 51.7 Å². The number of nitrogens with zero attached hydrogens (tertiary/aromatic N) is 4. The van der Waals surface area contributed by atoms with Crippen LogP contribution in [0.15, 0.2) is 75.0 Å². The average Bonchev–Trinajstić information content (AvgIpc) is 3.55. The first-order valence-corrected chi connectivity index (χ1v) is 14.6. The van der Waals surface area contributed by atoms with Crippen molar-refractivity contribution in [2.24, 2.45) is 5.10 Å². The fourth-order valence-electron chi connectivity index (χ4n) is 6.06. The third-order valence-electron chi connectivity index (χ3n) is 8.16. The first-order valence-electron chi connectivity index (χ1n) is 13.8. The van der Waals surface area contributed by atoms with Crippen LogP contribution in [0.2, 0.25) is 0 Å². The maximum absolute atomic E-state index is 13.8. The highest BCUT2D eigenvalue weighted by Gasteiger charge is 2.23. The summed E-state index contributed by atoms with van der Waals surface area (Å²) in [4.78, 5) is 18.8. The molecule has 0 spiro atoms. The number of para-hydroxylation sites is 1. The van der Waals surface area contributed by atoms with Crippen molar-refractivity contribution >= 4 is 44.0 Å². The maximum Gasteiger partial charge on any atom is 0.282 e. The molecule has 2 aliphatic rings. The minimum atomic E-state index is -0.134. The molecule has 2 aromatic heterocycles. The Bertz CT molecular complexity index is 1850. The highest BCUT2D eigenvalue weighted by molar-refractivity contribution is 9.10. The quantitative estimate of drug-likeness (QED) is 0.202. The first kappa shape index (κ1) is 25.1. The zero-order valence-electron chi connectivity index (χ0n) is 22.3. The van der Waals surface area contributed by atoms with Gasteiger partial charge in [-0.3, -0.25) is 4.79 Å². The molecule has 8 heteroatoms. The van der Waals surface area contributed by atoms with Crippen LogP contribution in [0.4, 0.5) is 0 Å². The van der Waals surface area contributed by atoms with Crippen molar-refractivity contribution in [1.82, 2.24) is 14.2 Å². The summed E-state index contributed by atoms with van der Waals surface area (Å²) in [6, 6.07) is 20.1. The van der Waals surface area contributed by atoms with E-state index in [0.717, 1.165) is 80.7 Å². The van der Waals surface area contributed by atoms with E-state index < -0.39 is 0 Å². The number of hydrogen-bond donors (Lipinski definition) is 0. The van der Waals surface area contributed by atoms with Gasteiger partial charge in [0.25, 0.3) is 5.56 Å². The molecule has 0 N–H and O–H groups in total. The summed E-state index contributed by atoms with van der Waals surface area (Å²) in [5, 5.41) is 6.52. The highest BCUT2D eigenvalue weighted by Crippen LogP contribution is 2.34. The third kappa shape index (κ3) is 4.40. The Balaban J connectivity index is 1.34. The minimum absolute atomic E-state index is 0.134. The van der Waals surface area contributed by atoms with E-state index in [1.807, 2.05) is 42.6 Å². The number of hydrogen-bond acceptors (Lipinski definition) is 5. The van der Waals surface area contributed by atoms with E-state index in [0.29, 0.717) is 11.9 Å². The van der Waals surface area contributed by atoms with E-state index in [4.69, 9.17) is 19.6 Å². The van der Waals surface area contributed by atoms with Gasteiger partial charge < -0.3 is 14.0 Å². The molecule has 1 aliphatic carbocycles. The van der Waals surface area contributed by atoms with Crippen molar-refractivity contribution in [3.05, 3.63) is 98.1 Å². The summed E-state index contributed by atoms with van der Waals surface area (Å²) in [5.74, 6) is 2.54. The summed E-state index contributed by atoms with van der Waals surface area (Å²) >= 11 is 3.51. The van der Waals surface area contributed by atoms with E-state index in [1.165, 1.54) is 6.42 Å². The van der Waals surface area contributed by atoms with Crippen LogP contribution in [-0.2, 0) is 6.54 Å². The van der Waals surface area contributed by atoms with Crippen molar-refractivity contribution < 1.29 is 9.47 Å². The molecule has 3 aromatic carbocycles. The fraction of sp³-hybridized carbons (Fsp3) is 0.281. The van der Waals surface area contributed by atoms with Crippen LogP contribution < -0.4 is 15.0 Å². The number of rotatable bonds is 5. The molecule has 1 saturated carbocycles. The molecular formula is C32H29BrN4O3. The second-order valence-electron chi connectivity index (χ2n) is 10.6. The number of benzene rings is 3. The minimum Gasteiger partial charge on any atom is -0.454 e. The lowest BCUT2D eigenvalue weighted by Crippen LogP contribution is -2.25. The van der Waals surface area contributed by atoms with Crippen LogP contribution in [0.25, 0.3) is 21.8 Å². The average molecular weight is 598 g/mol. The Morgan fingerprint density at radius 3 is 2.70 bits per heavy atom. The molecule has 0 amide bonds. The van der Waals surface area contributed by atoms with Gasteiger partial charge >= 0.3 is 0 Å². The zero-order chi connectivity index (χ0) is 27.2. The Labute approximate surface area is 240 Å². The molecule has 7 rings (SSSR count). The van der Waals surface area contributed by atoms with Gasteiger partial charge in [0.2, 0.25) is 6.79 Å². The molecule has 7 nitrogen and oxygen atoms in total. The molecule has 0 bridgehead atoms. The standard InChI is InChI=1S/C32H29BrN4O3/c1-20-26(24-9-5-6-10-28(24)36(20)18-21-11-14-29-30(15-21)40-19-39-29)17-34-37-31(22-7-3-2-4-8-22)35-27-13-12-23(33)16-25(27)32(37)38/h5-6,9-17,22H,2-4,7-8,18-19H2,1H3. The zero-order valence-corrected chi connectivity index (χ0v) is 23.9. The normalized spacial score (nSPS) is 15.6. The van der Waals surface area contributed by atoms with Crippen molar-refractivity contribution in [3.63, 3.8) is 0 Å². The second-order valence-corrected chi connectivity index (χ2v) is 11.5. The van der Waals surface area contributed by atoms with E-state index in [1.54, 1.807) is 4.68 Å². The van der Waals surface area contributed by atoms with Gasteiger partial charge in [-0.05, 0) is 61.7 Å². The van der Waals surface area contributed by atoms with Gasteiger partial charge in [0.15, 0.2) is 11.5 Å². The smallest absolute Gasteiger partial charge is 0.282 e. The van der Waals surface area contributed by atoms with Crippen molar-refractivity contribution in [3.8, 4) is 11.5 Å². The molecular weight excluding hydrogens is 568 g/mol. The summed E-state index contributed by atoms with van der Waals surface area (Å²) in [7, 11) is 0. The van der Waals surface area contributed by atoms with Gasteiger partial charge in [-0.1, -0.05) is 59.5 Å². The van der Waals surface area contributed by atoms with Crippen LogP contribution in [0, 0.1) is 6.92 Å². The number of fused-ring (bicyclic) bond motifs is 3. The van der Waals surface area contributed by atoms with Crippen LogP contribution >= 0.6 is 15.9 Å². The van der Waals surface area contributed by atoms with Crippen LogP contribution in [0.1, 0.15) is 60.7 Å². The lowest BCUT2D eigenvalue weighted by molar-refractivity contribution is 0.174. The second kappa shape index (κ2) is 10.2. The van der Waals surface area contributed by atoms with E-state index in [-0.39, 0.29) is 18.3 Å². The van der Waals surface area contributed by atoms with Crippen LogP contribution in [0.5, 0.6) is 11.5 Å². The van der Waals surface area contributed by atoms with Crippen molar-refractivity contribution in [2.75, 3.05) is 6.79 Å². The summed E-state index contributed by atoms with van der Waals surface area (Å²) in [5.41, 5.74) is 4.89. The van der Waals surface area contributed by atoms with Crippen molar-refractivity contribution in [2.45, 2.75) is 51.5 Å². The van der Waals surface area contributed by atoms with Crippen LogP contribution in [0.3, 0.4) is 0 Å². The molecule has 0 unspecified atom stereocenters. The predicted molar refractivity (Wildman–Crippen MR) is 161 cm³/mol. The summed E-state index contributed by atoms with van der Waals surface area (Å²) < 4.78 is 15.8. The Kier molecular flexibility index (Phi) is 6.42. The largest absolute Gasteiger partial charge is 0.454 e. The predicted octanol–water partition coefficient (Wildman–Crippen LogP) is 7.13. The fourth-order valence-corrected chi connectivity index (χ4v) is 6.43. The summed E-state index contributed by atoms with van der Waals surface area (Å²) in [6.07, 6.45) is 7.42. The van der Waals surface area contributed by atoms with Gasteiger partial charge in [0.05, 0.1) is 17.1 Å². The van der Waals surface area contributed by atoms with Gasteiger partial charge in [0.1, 0.15) is 5.82 Å². The van der Waals surface area contributed by atoms with Gasteiger partial charge in [-0.25, -0.2) is 4.98 Å². The molecule has 0 atom stereocenters. The summed E-state index contributed by atoms with van der Waals surface area (Å²) in [6.45, 7) is 3.04. The molecule has 0 saturated heterocycles. The SMILES string of the molecule is Cc1c(C=Nn2c(C3CCCCC3)nc3ccc(Br)cc3c2=O)c2ccccc2n1Cc1ccc2c(c1)OCO2. The van der Waals surface area contributed by atoms with Gasteiger partial charge in [-0.15, -0.1) is 0 Å². The number of halogens is 1. The molecule has 40 heavy (non-hydrogen) atoms. The molecule has 202 valence electrons. The molecule has 5 aromatic rings. The van der Waals surface area contributed by atoms with Gasteiger partial charge in [0, 0.05) is 39.1 Å². The van der Waals surface area contributed by atoms with E-state index >= 15 is 0 Å². The molecule has 0 radical (unpaired) electrons.